The average Bonchev–Trinajstić information content (AvgIpc) is 3.15. The smallest absolute Gasteiger partial charge is 0.302 e. The SMILES string of the molecule is CC(=O)OC[C@@]12[C@@H](OC(C)=O)C[C@H](C)[C@](C)(C3C[C@H]4C=CO[C@H]4O3)[C@H]1CCC[C@]21CO1. The molecule has 2 saturated carbocycles. The number of esters is 2. The van der Waals surface area contributed by atoms with E-state index in [2.05, 4.69) is 19.9 Å². The number of rotatable bonds is 4. The van der Waals surface area contributed by atoms with Crippen molar-refractivity contribution in [3.05, 3.63) is 12.3 Å². The standard InChI is InChI=1S/C24H34O7/c1-14-10-20(30-16(3)26)24(13-28-15(2)25)18(6-5-8-23(24)12-29-23)22(14,4)19-11-17-7-9-27-21(17)31-19/h7,9,14,17-21H,5-6,8,10-13H2,1-4H3/t14-,17+,18+,19?,20-,21-,22-,23-,24-/m0/s1. The van der Waals surface area contributed by atoms with Gasteiger partial charge in [0.25, 0.3) is 0 Å². The summed E-state index contributed by atoms with van der Waals surface area (Å²) < 4.78 is 30.0. The van der Waals surface area contributed by atoms with E-state index in [0.717, 1.165) is 25.7 Å². The van der Waals surface area contributed by atoms with E-state index in [1.165, 1.54) is 13.8 Å². The van der Waals surface area contributed by atoms with Gasteiger partial charge in [-0.1, -0.05) is 20.3 Å². The Morgan fingerprint density at radius 2 is 1.97 bits per heavy atom. The first-order valence-electron chi connectivity index (χ1n) is 11.6. The first-order valence-corrected chi connectivity index (χ1v) is 11.6. The Morgan fingerprint density at radius 1 is 1.19 bits per heavy atom. The third-order valence-corrected chi connectivity index (χ3v) is 9.18. The zero-order valence-electron chi connectivity index (χ0n) is 18.9. The molecule has 9 atom stereocenters. The van der Waals surface area contributed by atoms with Crippen LogP contribution in [-0.4, -0.2) is 49.3 Å². The summed E-state index contributed by atoms with van der Waals surface area (Å²) >= 11 is 0. The second-order valence-electron chi connectivity index (χ2n) is 10.5. The zero-order chi connectivity index (χ0) is 22.0. The lowest BCUT2D eigenvalue weighted by atomic mass is 9.42. The fraction of sp³-hybridized carbons (Fsp3) is 0.833. The highest BCUT2D eigenvalue weighted by Gasteiger charge is 2.76. The van der Waals surface area contributed by atoms with Gasteiger partial charge in [0.05, 0.1) is 24.4 Å². The van der Waals surface area contributed by atoms with Gasteiger partial charge in [0.2, 0.25) is 6.29 Å². The van der Waals surface area contributed by atoms with Crippen molar-refractivity contribution in [3.8, 4) is 0 Å². The molecule has 0 aromatic heterocycles. The molecule has 0 aromatic carbocycles. The third kappa shape index (κ3) is 2.99. The van der Waals surface area contributed by atoms with E-state index >= 15 is 0 Å². The fourth-order valence-electron chi connectivity index (χ4n) is 7.46. The van der Waals surface area contributed by atoms with Crippen LogP contribution in [0.2, 0.25) is 0 Å². The summed E-state index contributed by atoms with van der Waals surface area (Å²) in [6, 6.07) is 0. The Bertz CT molecular complexity index is 789. The zero-order valence-corrected chi connectivity index (χ0v) is 18.9. The summed E-state index contributed by atoms with van der Waals surface area (Å²) in [5, 5.41) is 0. The summed E-state index contributed by atoms with van der Waals surface area (Å²) in [7, 11) is 0. The van der Waals surface area contributed by atoms with Crippen LogP contribution in [0.1, 0.15) is 59.8 Å². The molecule has 4 fully saturated rings. The molecular weight excluding hydrogens is 400 g/mol. The van der Waals surface area contributed by atoms with Gasteiger partial charge in [0, 0.05) is 25.2 Å². The minimum Gasteiger partial charge on any atom is -0.472 e. The van der Waals surface area contributed by atoms with Crippen LogP contribution in [0.4, 0.5) is 0 Å². The molecule has 1 spiro atoms. The number of carbonyl (C=O) groups excluding carboxylic acids is 2. The molecular formula is C24H34O7. The minimum absolute atomic E-state index is 0.0244. The van der Waals surface area contributed by atoms with E-state index in [1.54, 1.807) is 6.26 Å². The van der Waals surface area contributed by atoms with Gasteiger partial charge in [0.15, 0.2) is 0 Å². The summed E-state index contributed by atoms with van der Waals surface area (Å²) in [6.07, 6.45) is 7.82. The summed E-state index contributed by atoms with van der Waals surface area (Å²) in [4.78, 5) is 24.0. The molecule has 0 N–H and O–H groups in total. The van der Waals surface area contributed by atoms with Crippen molar-refractivity contribution in [2.75, 3.05) is 13.2 Å². The van der Waals surface area contributed by atoms with E-state index in [1.807, 2.05) is 0 Å². The fourth-order valence-corrected chi connectivity index (χ4v) is 7.46. The Morgan fingerprint density at radius 3 is 2.61 bits per heavy atom. The number of hydrogen-bond donors (Lipinski definition) is 0. The van der Waals surface area contributed by atoms with Crippen molar-refractivity contribution >= 4 is 11.9 Å². The highest BCUT2D eigenvalue weighted by atomic mass is 16.7. The van der Waals surface area contributed by atoms with Gasteiger partial charge in [-0.05, 0) is 43.6 Å². The topological polar surface area (TPSA) is 83.6 Å². The van der Waals surface area contributed by atoms with Gasteiger partial charge in [0.1, 0.15) is 18.3 Å². The largest absolute Gasteiger partial charge is 0.472 e. The van der Waals surface area contributed by atoms with Crippen LogP contribution in [0.3, 0.4) is 0 Å². The third-order valence-electron chi connectivity index (χ3n) is 9.18. The molecule has 2 saturated heterocycles. The van der Waals surface area contributed by atoms with Gasteiger partial charge in [-0.15, -0.1) is 0 Å². The molecule has 3 aliphatic heterocycles. The second kappa shape index (κ2) is 7.20. The molecule has 0 amide bonds. The van der Waals surface area contributed by atoms with Crippen molar-refractivity contribution in [1.82, 2.24) is 0 Å². The summed E-state index contributed by atoms with van der Waals surface area (Å²) in [6.45, 7) is 8.30. The van der Waals surface area contributed by atoms with Crippen molar-refractivity contribution in [2.45, 2.75) is 83.9 Å². The lowest BCUT2D eigenvalue weighted by Crippen LogP contribution is -2.69. The molecule has 0 radical (unpaired) electrons. The van der Waals surface area contributed by atoms with E-state index in [0.29, 0.717) is 13.0 Å². The molecule has 0 aromatic rings. The van der Waals surface area contributed by atoms with Crippen molar-refractivity contribution in [1.29, 1.82) is 0 Å². The number of hydrogen-bond acceptors (Lipinski definition) is 7. The molecule has 5 rings (SSSR count). The first-order chi connectivity index (χ1) is 14.7. The van der Waals surface area contributed by atoms with Crippen LogP contribution in [-0.2, 0) is 33.3 Å². The molecule has 5 aliphatic rings. The van der Waals surface area contributed by atoms with E-state index in [9.17, 15) is 9.59 Å². The maximum atomic E-state index is 12.1. The average molecular weight is 435 g/mol. The van der Waals surface area contributed by atoms with Gasteiger partial charge < -0.3 is 23.7 Å². The van der Waals surface area contributed by atoms with Gasteiger partial charge >= 0.3 is 11.9 Å². The Kier molecular flexibility index (Phi) is 4.94. The molecule has 7 nitrogen and oxygen atoms in total. The van der Waals surface area contributed by atoms with Crippen LogP contribution in [0.5, 0.6) is 0 Å². The molecule has 31 heavy (non-hydrogen) atoms. The van der Waals surface area contributed by atoms with Gasteiger partial charge in [-0.25, -0.2) is 0 Å². The lowest BCUT2D eigenvalue weighted by Gasteiger charge is -2.64. The number of carbonyl (C=O) groups is 2. The lowest BCUT2D eigenvalue weighted by molar-refractivity contribution is -0.253. The van der Waals surface area contributed by atoms with Crippen LogP contribution < -0.4 is 0 Å². The van der Waals surface area contributed by atoms with Gasteiger partial charge in [-0.3, -0.25) is 9.59 Å². The molecule has 7 heteroatoms. The summed E-state index contributed by atoms with van der Waals surface area (Å²) in [5.41, 5.74) is -1.16. The Balaban J connectivity index is 1.58. The highest BCUT2D eigenvalue weighted by Crippen LogP contribution is 2.70. The van der Waals surface area contributed by atoms with E-state index < -0.39 is 11.0 Å². The van der Waals surface area contributed by atoms with Crippen LogP contribution >= 0.6 is 0 Å². The maximum absolute atomic E-state index is 12.1. The monoisotopic (exact) mass is 434 g/mol. The minimum atomic E-state index is -0.568. The normalized spacial score (nSPS) is 49.8. The quantitative estimate of drug-likeness (QED) is 0.496. The number of ether oxygens (including phenoxy) is 5. The predicted octanol–water partition coefficient (Wildman–Crippen LogP) is 3.36. The van der Waals surface area contributed by atoms with E-state index in [4.69, 9.17) is 23.7 Å². The van der Waals surface area contributed by atoms with Crippen LogP contribution in [0.25, 0.3) is 0 Å². The Hall–Kier alpha value is -1.60. The molecule has 1 unspecified atom stereocenters. The van der Waals surface area contributed by atoms with Crippen molar-refractivity contribution < 1.29 is 33.3 Å². The summed E-state index contributed by atoms with van der Waals surface area (Å²) in [5.74, 6) is 0.0539. The van der Waals surface area contributed by atoms with Crippen LogP contribution in [0.15, 0.2) is 12.3 Å². The number of fused-ring (bicyclic) bond motifs is 3. The van der Waals surface area contributed by atoms with Crippen LogP contribution in [0, 0.1) is 28.6 Å². The van der Waals surface area contributed by atoms with E-state index in [-0.39, 0.29) is 60.2 Å². The Labute approximate surface area is 183 Å². The molecule has 172 valence electrons. The molecule has 3 heterocycles. The highest BCUT2D eigenvalue weighted by molar-refractivity contribution is 5.67. The van der Waals surface area contributed by atoms with Gasteiger partial charge in [-0.2, -0.15) is 0 Å². The molecule has 2 aliphatic carbocycles. The maximum Gasteiger partial charge on any atom is 0.302 e. The number of epoxide rings is 1. The predicted molar refractivity (Wildman–Crippen MR) is 110 cm³/mol. The first kappa shape index (κ1) is 21.3. The molecule has 0 bridgehead atoms. The second-order valence-corrected chi connectivity index (χ2v) is 10.5. The van der Waals surface area contributed by atoms with Crippen molar-refractivity contribution in [2.24, 2.45) is 28.6 Å². The van der Waals surface area contributed by atoms with Crippen molar-refractivity contribution in [3.63, 3.8) is 0 Å².